The van der Waals surface area contributed by atoms with Crippen molar-refractivity contribution in [1.82, 2.24) is 4.98 Å². The highest BCUT2D eigenvalue weighted by atomic mass is 15.3. The summed E-state index contributed by atoms with van der Waals surface area (Å²) in [6, 6.07) is 17.8. The Labute approximate surface area is 199 Å². The summed E-state index contributed by atoms with van der Waals surface area (Å²) in [7, 11) is 0. The van der Waals surface area contributed by atoms with Crippen LogP contribution in [0.3, 0.4) is 0 Å². The first kappa shape index (κ1) is 23.9. The Hall–Kier alpha value is -4.72. The molecule has 8 heteroatoms. The number of hydrogen-bond donors (Lipinski definition) is 4. The van der Waals surface area contributed by atoms with E-state index in [4.69, 9.17) is 21.4 Å². The highest BCUT2D eigenvalue weighted by molar-refractivity contribution is 6.03. The van der Waals surface area contributed by atoms with Crippen LogP contribution in [-0.4, -0.2) is 23.8 Å². The number of benzene rings is 2. The van der Waals surface area contributed by atoms with Gasteiger partial charge in [-0.15, -0.1) is 0 Å². The number of aromatic nitrogens is 1. The van der Waals surface area contributed by atoms with Crippen LogP contribution in [0.4, 0.5) is 11.4 Å². The minimum absolute atomic E-state index is 0.457. The van der Waals surface area contributed by atoms with Crippen molar-refractivity contribution in [3.05, 3.63) is 96.6 Å². The van der Waals surface area contributed by atoms with Crippen molar-refractivity contribution >= 4 is 46.6 Å². The third kappa shape index (κ3) is 6.64. The van der Waals surface area contributed by atoms with Crippen LogP contribution in [0.25, 0.3) is 16.5 Å². The van der Waals surface area contributed by atoms with Crippen LogP contribution in [0.15, 0.2) is 100 Å². The molecular weight excluding hydrogens is 424 g/mol. The summed E-state index contributed by atoms with van der Waals surface area (Å²) >= 11 is 0. The number of hydrazone groups is 1. The average Bonchev–Trinajstić information content (AvgIpc) is 2.87. The molecule has 3 rings (SSSR count). The van der Waals surface area contributed by atoms with Gasteiger partial charge in [-0.25, -0.2) is 4.98 Å². The minimum atomic E-state index is 0.457. The van der Waals surface area contributed by atoms with E-state index in [0.29, 0.717) is 12.4 Å². The van der Waals surface area contributed by atoms with Gasteiger partial charge in [0.05, 0.1) is 23.4 Å². The van der Waals surface area contributed by atoms with E-state index in [1.807, 2.05) is 61.5 Å². The molecular formula is C26H28N8. The lowest BCUT2D eigenvalue weighted by Crippen LogP contribution is -2.09. The first-order valence-corrected chi connectivity index (χ1v) is 10.6. The molecule has 8 nitrogen and oxygen atoms in total. The maximum atomic E-state index is 5.72. The molecule has 1 heterocycles. The number of aliphatic imine (C=N–C) groups is 2. The van der Waals surface area contributed by atoms with Gasteiger partial charge in [-0.3, -0.25) is 15.4 Å². The maximum Gasteiger partial charge on any atom is 0.127 e. The normalized spacial score (nSPS) is 12.7. The van der Waals surface area contributed by atoms with Gasteiger partial charge in [0.2, 0.25) is 0 Å². The van der Waals surface area contributed by atoms with Gasteiger partial charge >= 0.3 is 0 Å². The van der Waals surface area contributed by atoms with E-state index in [1.54, 1.807) is 24.6 Å². The molecule has 6 N–H and O–H groups in total. The summed E-state index contributed by atoms with van der Waals surface area (Å²) < 4.78 is 0. The van der Waals surface area contributed by atoms with Gasteiger partial charge in [0, 0.05) is 35.3 Å². The lowest BCUT2D eigenvalue weighted by atomic mass is 10.1. The number of nitrogens with two attached hydrogens (primary N) is 2. The smallest absolute Gasteiger partial charge is 0.127 e. The molecule has 0 saturated carbocycles. The predicted octanol–water partition coefficient (Wildman–Crippen LogP) is 4.65. The molecule has 0 unspecified atom stereocenters. The van der Waals surface area contributed by atoms with Crippen LogP contribution in [0, 0.1) is 0 Å². The van der Waals surface area contributed by atoms with Crippen LogP contribution in [0.1, 0.15) is 18.2 Å². The van der Waals surface area contributed by atoms with Gasteiger partial charge < -0.3 is 16.8 Å². The Morgan fingerprint density at radius 2 is 1.79 bits per heavy atom. The number of allylic oxidation sites excluding steroid dienone is 2. The molecule has 0 bridgehead atoms. The summed E-state index contributed by atoms with van der Waals surface area (Å²) in [4.78, 5) is 13.2. The number of hydrogen-bond acceptors (Lipinski definition) is 7. The van der Waals surface area contributed by atoms with Crippen LogP contribution in [0.2, 0.25) is 0 Å². The topological polar surface area (TPSA) is 126 Å². The molecule has 172 valence electrons. The zero-order valence-electron chi connectivity index (χ0n) is 19.0. The molecule has 3 aromatic rings. The molecule has 0 spiro atoms. The number of amidine groups is 1. The fraction of sp³-hybridized carbons (Fsp3) is 0.0769. The van der Waals surface area contributed by atoms with Gasteiger partial charge in [0.25, 0.3) is 0 Å². The Balaban J connectivity index is 1.81. The molecule has 0 fully saturated rings. The molecule has 0 aliphatic heterocycles. The number of nitrogens with one attached hydrogen (secondary N) is 2. The SMILES string of the molecule is C=N/C=C\C(=N/Cc1ccc2ccc(C(/C=C\N)=C/N)nc2c1)Nc1ccc(N/N=C\C)cc1. The fourth-order valence-corrected chi connectivity index (χ4v) is 3.10. The maximum absolute atomic E-state index is 5.72. The third-order valence-electron chi connectivity index (χ3n) is 4.76. The molecule has 2 aromatic carbocycles. The Bertz CT molecular complexity index is 1270. The van der Waals surface area contributed by atoms with Gasteiger partial charge in [0.15, 0.2) is 0 Å². The molecule has 0 aliphatic carbocycles. The van der Waals surface area contributed by atoms with E-state index < -0.39 is 0 Å². The van der Waals surface area contributed by atoms with Crippen molar-refractivity contribution in [3.63, 3.8) is 0 Å². The van der Waals surface area contributed by atoms with Crippen molar-refractivity contribution in [2.24, 2.45) is 26.6 Å². The fourth-order valence-electron chi connectivity index (χ4n) is 3.10. The second-order valence-electron chi connectivity index (χ2n) is 7.11. The lowest BCUT2D eigenvalue weighted by Gasteiger charge is -2.09. The van der Waals surface area contributed by atoms with Crippen molar-refractivity contribution in [3.8, 4) is 0 Å². The summed E-state index contributed by atoms with van der Waals surface area (Å²) in [5, 5.41) is 8.34. The quantitative estimate of drug-likeness (QED) is 0.163. The Kier molecular flexibility index (Phi) is 8.69. The second kappa shape index (κ2) is 12.4. The van der Waals surface area contributed by atoms with Crippen LogP contribution in [-0.2, 0) is 6.54 Å². The zero-order valence-corrected chi connectivity index (χ0v) is 19.0. The molecule has 0 aliphatic rings. The largest absolute Gasteiger partial charge is 0.405 e. The van der Waals surface area contributed by atoms with Crippen LogP contribution < -0.4 is 22.2 Å². The molecule has 0 radical (unpaired) electrons. The van der Waals surface area contributed by atoms with Gasteiger partial charge in [-0.1, -0.05) is 18.2 Å². The number of pyridine rings is 1. The second-order valence-corrected chi connectivity index (χ2v) is 7.11. The number of fused-ring (bicyclic) bond motifs is 1. The number of nitrogens with zero attached hydrogens (tertiary/aromatic N) is 4. The van der Waals surface area contributed by atoms with Gasteiger partial charge in [-0.05, 0) is 74.0 Å². The lowest BCUT2D eigenvalue weighted by molar-refractivity contribution is 1.07. The summed E-state index contributed by atoms with van der Waals surface area (Å²) in [5.41, 5.74) is 19.3. The summed E-state index contributed by atoms with van der Waals surface area (Å²) in [5.74, 6) is 0.655. The van der Waals surface area contributed by atoms with Crippen LogP contribution in [0.5, 0.6) is 0 Å². The first-order chi connectivity index (χ1) is 16.7. The van der Waals surface area contributed by atoms with E-state index in [9.17, 15) is 0 Å². The Morgan fingerprint density at radius 1 is 1.03 bits per heavy atom. The van der Waals surface area contributed by atoms with E-state index in [-0.39, 0.29) is 0 Å². The number of anilines is 2. The van der Waals surface area contributed by atoms with Crippen molar-refractivity contribution in [2.75, 3.05) is 10.7 Å². The summed E-state index contributed by atoms with van der Waals surface area (Å²) in [6.07, 6.45) is 9.72. The zero-order chi connectivity index (χ0) is 24.2. The monoisotopic (exact) mass is 452 g/mol. The summed E-state index contributed by atoms with van der Waals surface area (Å²) in [6.45, 7) is 5.81. The number of rotatable bonds is 9. The van der Waals surface area contributed by atoms with E-state index in [0.717, 1.165) is 39.1 Å². The predicted molar refractivity (Wildman–Crippen MR) is 145 cm³/mol. The highest BCUT2D eigenvalue weighted by Crippen LogP contribution is 2.20. The van der Waals surface area contributed by atoms with E-state index in [1.165, 1.54) is 12.4 Å². The standard InChI is InChI=1S/C26H28N8/c1-3-31-34-23-9-7-22(8-10-23)32-26(13-15-29-2)30-18-19-4-5-20-6-11-24(33-25(20)16-19)21(17-28)12-14-27/h3-17,34H,2,18,27-28H2,1H3,(H,30,32)/b14-12-,15-13-,21-17+,31-3-. The van der Waals surface area contributed by atoms with E-state index >= 15 is 0 Å². The van der Waals surface area contributed by atoms with E-state index in [2.05, 4.69) is 27.6 Å². The molecule has 0 saturated heterocycles. The minimum Gasteiger partial charge on any atom is -0.405 e. The van der Waals surface area contributed by atoms with Gasteiger partial charge in [-0.2, -0.15) is 5.10 Å². The molecule has 1 aromatic heterocycles. The van der Waals surface area contributed by atoms with Crippen molar-refractivity contribution < 1.29 is 0 Å². The van der Waals surface area contributed by atoms with Crippen molar-refractivity contribution in [2.45, 2.75) is 13.5 Å². The molecule has 34 heavy (non-hydrogen) atoms. The molecule has 0 atom stereocenters. The van der Waals surface area contributed by atoms with Gasteiger partial charge in [0.1, 0.15) is 5.84 Å². The first-order valence-electron chi connectivity index (χ1n) is 10.6. The Morgan fingerprint density at radius 3 is 2.50 bits per heavy atom. The van der Waals surface area contributed by atoms with Crippen molar-refractivity contribution in [1.29, 1.82) is 0 Å². The van der Waals surface area contributed by atoms with Crippen LogP contribution >= 0.6 is 0 Å². The third-order valence-corrected chi connectivity index (χ3v) is 4.76. The molecule has 0 amide bonds. The average molecular weight is 453 g/mol. The highest BCUT2D eigenvalue weighted by Gasteiger charge is 2.04.